The summed E-state index contributed by atoms with van der Waals surface area (Å²) in [4.78, 5) is 9.50. The van der Waals surface area contributed by atoms with Gasteiger partial charge in [0.05, 0.1) is 5.69 Å². The molecule has 1 aliphatic carbocycles. The summed E-state index contributed by atoms with van der Waals surface area (Å²) in [5, 5.41) is 4.65. The molecule has 0 radical (unpaired) electrons. The van der Waals surface area contributed by atoms with E-state index in [4.69, 9.17) is 0 Å². The summed E-state index contributed by atoms with van der Waals surface area (Å²) >= 11 is 1.23. The summed E-state index contributed by atoms with van der Waals surface area (Å²) in [6, 6.07) is 6.14. The molecule has 1 aromatic carbocycles. The van der Waals surface area contributed by atoms with Crippen LogP contribution in [0.3, 0.4) is 0 Å². The number of nitrogens with zero attached hydrogens (tertiary/aromatic N) is 4. The van der Waals surface area contributed by atoms with E-state index in [1.807, 2.05) is 13.0 Å². The Labute approximate surface area is 155 Å². The smallest absolute Gasteiger partial charge is 0.215 e. The Balaban J connectivity index is 1.57. The Morgan fingerprint density at radius 3 is 2.77 bits per heavy atom. The minimum absolute atomic E-state index is 0.286. The summed E-state index contributed by atoms with van der Waals surface area (Å²) in [6.45, 7) is 1.96. The van der Waals surface area contributed by atoms with E-state index in [1.54, 1.807) is 10.6 Å². The van der Waals surface area contributed by atoms with E-state index in [0.717, 1.165) is 36.1 Å². The quantitative estimate of drug-likeness (QED) is 0.599. The average molecular weight is 374 g/mol. The van der Waals surface area contributed by atoms with Crippen LogP contribution in [-0.4, -0.2) is 19.6 Å². The van der Waals surface area contributed by atoms with Crippen LogP contribution in [-0.2, 0) is 5.75 Å². The van der Waals surface area contributed by atoms with Crippen molar-refractivity contribution in [1.29, 1.82) is 0 Å². The zero-order valence-electron chi connectivity index (χ0n) is 14.6. The number of aryl methyl sites for hydroxylation is 1. The Hall–Kier alpha value is -2.02. The van der Waals surface area contributed by atoms with Crippen LogP contribution in [0.15, 0.2) is 29.2 Å². The maximum atomic E-state index is 13.8. The lowest BCUT2D eigenvalue weighted by molar-refractivity contribution is 0.429. The van der Waals surface area contributed by atoms with Gasteiger partial charge in [0.2, 0.25) is 0 Å². The normalized spacial score (nSPS) is 15.7. The molecule has 26 heavy (non-hydrogen) atoms. The third kappa shape index (κ3) is 3.45. The van der Waals surface area contributed by atoms with Gasteiger partial charge in [0, 0.05) is 22.3 Å². The van der Waals surface area contributed by atoms with Gasteiger partial charge >= 0.3 is 0 Å². The Morgan fingerprint density at radius 2 is 1.96 bits per heavy atom. The molecule has 0 atom stereocenters. The van der Waals surface area contributed by atoms with Crippen molar-refractivity contribution in [2.24, 2.45) is 0 Å². The van der Waals surface area contributed by atoms with Crippen LogP contribution in [0.2, 0.25) is 0 Å². The molecule has 1 fully saturated rings. The van der Waals surface area contributed by atoms with Crippen LogP contribution in [0.4, 0.5) is 8.78 Å². The third-order valence-corrected chi connectivity index (χ3v) is 5.89. The largest absolute Gasteiger partial charge is 0.252 e. The highest BCUT2D eigenvalue weighted by Crippen LogP contribution is 2.31. The molecule has 4 rings (SSSR count). The predicted octanol–water partition coefficient (Wildman–Crippen LogP) is 5.05. The number of hydrogen-bond acceptors (Lipinski definition) is 4. The molecule has 0 unspecified atom stereocenters. The number of rotatable bonds is 4. The van der Waals surface area contributed by atoms with Crippen molar-refractivity contribution in [1.82, 2.24) is 19.6 Å². The molecule has 4 nitrogen and oxygen atoms in total. The predicted molar refractivity (Wildman–Crippen MR) is 97.3 cm³/mol. The number of hydrogen-bond donors (Lipinski definition) is 0. The first kappa shape index (κ1) is 17.4. The molecule has 0 spiro atoms. The highest BCUT2D eigenvalue weighted by Gasteiger charge is 2.21. The van der Waals surface area contributed by atoms with E-state index >= 15 is 0 Å². The van der Waals surface area contributed by atoms with Gasteiger partial charge in [-0.2, -0.15) is 4.98 Å². The third-order valence-electron chi connectivity index (χ3n) is 4.82. The van der Waals surface area contributed by atoms with Gasteiger partial charge in [-0.1, -0.05) is 25.3 Å². The lowest BCUT2D eigenvalue weighted by atomic mass is 9.89. The molecule has 1 aliphatic rings. The maximum absolute atomic E-state index is 13.8. The lowest BCUT2D eigenvalue weighted by Crippen LogP contribution is -2.06. The summed E-state index contributed by atoms with van der Waals surface area (Å²) in [5.74, 6) is 0.691. The topological polar surface area (TPSA) is 43.1 Å². The van der Waals surface area contributed by atoms with Gasteiger partial charge in [0.15, 0.2) is 17.5 Å². The molecule has 3 aromatic rings. The SMILES string of the molecule is Cc1cc(CSc2cccc(F)c2F)nc2nc(C3CCCCC3)nn12. The van der Waals surface area contributed by atoms with E-state index in [2.05, 4.69) is 15.1 Å². The van der Waals surface area contributed by atoms with Crippen molar-refractivity contribution < 1.29 is 8.78 Å². The number of halogens is 2. The molecular weight excluding hydrogens is 354 g/mol. The number of fused-ring (bicyclic) bond motifs is 1. The van der Waals surface area contributed by atoms with Crippen molar-refractivity contribution in [3.05, 3.63) is 53.1 Å². The molecule has 0 amide bonds. The average Bonchev–Trinajstić information content (AvgIpc) is 3.08. The highest BCUT2D eigenvalue weighted by atomic mass is 32.2. The van der Waals surface area contributed by atoms with Crippen molar-refractivity contribution in [3.63, 3.8) is 0 Å². The van der Waals surface area contributed by atoms with Crippen LogP contribution in [0, 0.1) is 18.6 Å². The van der Waals surface area contributed by atoms with Gasteiger partial charge in [-0.3, -0.25) is 0 Å². The fourth-order valence-electron chi connectivity index (χ4n) is 3.45. The second-order valence-electron chi connectivity index (χ2n) is 6.75. The Bertz CT molecular complexity index is 935. The summed E-state index contributed by atoms with van der Waals surface area (Å²) in [5.41, 5.74) is 1.73. The van der Waals surface area contributed by atoms with Crippen molar-refractivity contribution in [3.8, 4) is 0 Å². The Kier molecular flexibility index (Phi) is 4.89. The van der Waals surface area contributed by atoms with Crippen LogP contribution < -0.4 is 0 Å². The fourth-order valence-corrected chi connectivity index (χ4v) is 4.30. The minimum Gasteiger partial charge on any atom is -0.215 e. The zero-order chi connectivity index (χ0) is 18.1. The molecule has 7 heteroatoms. The van der Waals surface area contributed by atoms with Crippen LogP contribution >= 0.6 is 11.8 Å². The zero-order valence-corrected chi connectivity index (χ0v) is 15.4. The number of benzene rings is 1. The summed E-state index contributed by atoms with van der Waals surface area (Å²) in [6.07, 6.45) is 6.02. The molecule has 0 aliphatic heterocycles. The van der Waals surface area contributed by atoms with E-state index in [9.17, 15) is 8.78 Å². The van der Waals surface area contributed by atoms with Gasteiger partial charge in [0.1, 0.15) is 0 Å². The van der Waals surface area contributed by atoms with Crippen LogP contribution in [0.25, 0.3) is 5.78 Å². The molecule has 136 valence electrons. The van der Waals surface area contributed by atoms with E-state index in [-0.39, 0.29) is 4.90 Å². The monoisotopic (exact) mass is 374 g/mol. The van der Waals surface area contributed by atoms with Crippen molar-refractivity contribution >= 4 is 17.5 Å². The molecule has 2 heterocycles. The minimum atomic E-state index is -0.829. The van der Waals surface area contributed by atoms with Gasteiger partial charge in [-0.15, -0.1) is 16.9 Å². The number of aromatic nitrogens is 4. The van der Waals surface area contributed by atoms with Crippen molar-refractivity contribution in [2.45, 2.75) is 55.6 Å². The molecule has 0 saturated heterocycles. The first-order chi connectivity index (χ1) is 12.6. The molecular formula is C19H20F2N4S. The van der Waals surface area contributed by atoms with Gasteiger partial charge in [0.25, 0.3) is 5.78 Å². The van der Waals surface area contributed by atoms with E-state index in [0.29, 0.717) is 17.4 Å². The molecule has 2 aromatic heterocycles. The second kappa shape index (κ2) is 7.31. The standard InChI is InChI=1S/C19H20F2N4S/c1-12-10-14(11-26-16-9-5-8-15(20)17(16)21)22-19-23-18(24-25(12)19)13-6-3-2-4-7-13/h5,8-10,13H,2-4,6-7,11H2,1H3. The summed E-state index contributed by atoms with van der Waals surface area (Å²) < 4.78 is 28.9. The van der Waals surface area contributed by atoms with Gasteiger partial charge in [-0.05, 0) is 38.0 Å². The lowest BCUT2D eigenvalue weighted by Gasteiger charge is -2.17. The second-order valence-corrected chi connectivity index (χ2v) is 7.76. The van der Waals surface area contributed by atoms with Gasteiger partial charge in [-0.25, -0.2) is 18.3 Å². The first-order valence-electron chi connectivity index (χ1n) is 8.92. The fraction of sp³-hybridized carbons (Fsp3) is 0.421. The van der Waals surface area contributed by atoms with Crippen LogP contribution in [0.1, 0.15) is 55.2 Å². The Morgan fingerprint density at radius 1 is 1.15 bits per heavy atom. The van der Waals surface area contributed by atoms with E-state index in [1.165, 1.54) is 37.1 Å². The molecule has 0 bridgehead atoms. The molecule has 1 saturated carbocycles. The highest BCUT2D eigenvalue weighted by molar-refractivity contribution is 7.98. The number of thioether (sulfide) groups is 1. The van der Waals surface area contributed by atoms with Crippen LogP contribution in [0.5, 0.6) is 0 Å². The maximum Gasteiger partial charge on any atom is 0.252 e. The molecule has 0 N–H and O–H groups in total. The van der Waals surface area contributed by atoms with E-state index < -0.39 is 11.6 Å². The summed E-state index contributed by atoms with van der Waals surface area (Å²) in [7, 11) is 0. The van der Waals surface area contributed by atoms with Crippen molar-refractivity contribution in [2.75, 3.05) is 0 Å². The first-order valence-corrected chi connectivity index (χ1v) is 9.90. The van der Waals surface area contributed by atoms with Gasteiger partial charge < -0.3 is 0 Å².